The number of hydrogen-bond donors (Lipinski definition) is 2. The summed E-state index contributed by atoms with van der Waals surface area (Å²) in [6.07, 6.45) is 1.17. The predicted molar refractivity (Wildman–Crippen MR) is 95.2 cm³/mol. The standard InChI is InChI=1S/C17H21N3O5S/c1-12-10-16(12)17-7-4-14(25-17)11-18-8-9-19-26(23,24)15-5-2-13(3-6-15)20(21)22/h2-7,12,16,18-19H,8-11H2,1H3. The number of rotatable bonds is 9. The Bertz CT molecular complexity index is 876. The van der Waals surface area contributed by atoms with Crippen molar-refractivity contribution in [3.05, 3.63) is 58.0 Å². The van der Waals surface area contributed by atoms with E-state index in [2.05, 4.69) is 17.0 Å². The molecule has 1 aliphatic rings. The van der Waals surface area contributed by atoms with Gasteiger partial charge in [0.25, 0.3) is 5.69 Å². The second-order valence-electron chi connectivity index (χ2n) is 6.45. The van der Waals surface area contributed by atoms with Gasteiger partial charge in [0.1, 0.15) is 11.5 Å². The number of nitrogens with one attached hydrogen (secondary N) is 2. The van der Waals surface area contributed by atoms with Gasteiger partial charge in [0.15, 0.2) is 0 Å². The molecule has 1 saturated carbocycles. The molecular formula is C17H21N3O5S. The fourth-order valence-electron chi connectivity index (χ4n) is 2.72. The van der Waals surface area contributed by atoms with Crippen molar-refractivity contribution in [1.29, 1.82) is 0 Å². The van der Waals surface area contributed by atoms with Crippen molar-refractivity contribution in [2.45, 2.75) is 30.7 Å². The van der Waals surface area contributed by atoms with Gasteiger partial charge in [0.2, 0.25) is 10.0 Å². The fourth-order valence-corrected chi connectivity index (χ4v) is 3.75. The third kappa shape index (κ3) is 4.48. The number of nitro benzene ring substituents is 1. The second kappa shape index (κ2) is 7.56. The normalized spacial score (nSPS) is 19.4. The van der Waals surface area contributed by atoms with Crippen LogP contribution in [0.2, 0.25) is 0 Å². The topological polar surface area (TPSA) is 114 Å². The van der Waals surface area contributed by atoms with Crippen molar-refractivity contribution in [3.8, 4) is 0 Å². The first-order valence-corrected chi connectivity index (χ1v) is 9.88. The van der Waals surface area contributed by atoms with E-state index in [0.29, 0.717) is 24.9 Å². The molecule has 0 saturated heterocycles. The van der Waals surface area contributed by atoms with Crippen LogP contribution in [0.25, 0.3) is 0 Å². The van der Waals surface area contributed by atoms with Gasteiger partial charge in [0, 0.05) is 31.1 Å². The van der Waals surface area contributed by atoms with Gasteiger partial charge in [-0.3, -0.25) is 10.1 Å². The van der Waals surface area contributed by atoms with Gasteiger partial charge in [-0.05, 0) is 36.6 Å². The molecule has 0 amide bonds. The molecule has 8 nitrogen and oxygen atoms in total. The number of sulfonamides is 1. The lowest BCUT2D eigenvalue weighted by Gasteiger charge is -2.07. The Morgan fingerprint density at radius 1 is 1.19 bits per heavy atom. The first-order chi connectivity index (χ1) is 12.4. The summed E-state index contributed by atoms with van der Waals surface area (Å²) < 4.78 is 32.5. The Kier molecular flexibility index (Phi) is 5.40. The summed E-state index contributed by atoms with van der Waals surface area (Å²) in [6.45, 7) is 3.36. The molecule has 0 radical (unpaired) electrons. The molecule has 2 N–H and O–H groups in total. The molecule has 1 aromatic heterocycles. The number of nitro groups is 1. The summed E-state index contributed by atoms with van der Waals surface area (Å²) >= 11 is 0. The van der Waals surface area contributed by atoms with Crippen molar-refractivity contribution in [2.75, 3.05) is 13.1 Å². The van der Waals surface area contributed by atoms with E-state index in [1.165, 1.54) is 30.7 Å². The molecule has 9 heteroatoms. The van der Waals surface area contributed by atoms with Gasteiger partial charge in [-0.1, -0.05) is 6.92 Å². The highest BCUT2D eigenvalue weighted by Gasteiger charge is 2.36. The van der Waals surface area contributed by atoms with Crippen LogP contribution < -0.4 is 10.0 Å². The lowest BCUT2D eigenvalue weighted by atomic mass is 10.3. The highest BCUT2D eigenvalue weighted by molar-refractivity contribution is 7.89. The number of furan rings is 1. The Morgan fingerprint density at radius 2 is 1.88 bits per heavy atom. The molecule has 0 spiro atoms. The van der Waals surface area contributed by atoms with Crippen LogP contribution in [0.5, 0.6) is 0 Å². The third-order valence-electron chi connectivity index (χ3n) is 4.41. The van der Waals surface area contributed by atoms with Gasteiger partial charge < -0.3 is 9.73 Å². The molecule has 1 aliphatic carbocycles. The predicted octanol–water partition coefficient (Wildman–Crippen LogP) is 2.38. The van der Waals surface area contributed by atoms with Crippen molar-refractivity contribution in [2.24, 2.45) is 5.92 Å². The SMILES string of the molecule is CC1CC1c1ccc(CNCCNS(=O)(=O)c2ccc([N+](=O)[O-])cc2)o1. The minimum atomic E-state index is -3.69. The monoisotopic (exact) mass is 379 g/mol. The van der Waals surface area contributed by atoms with E-state index in [0.717, 1.165) is 11.5 Å². The van der Waals surface area contributed by atoms with Crippen LogP contribution in [-0.2, 0) is 16.6 Å². The highest BCUT2D eigenvalue weighted by atomic mass is 32.2. The minimum absolute atomic E-state index is 0.00247. The number of hydrogen-bond acceptors (Lipinski definition) is 6. The third-order valence-corrected chi connectivity index (χ3v) is 5.89. The van der Waals surface area contributed by atoms with Crippen molar-refractivity contribution < 1.29 is 17.8 Å². The van der Waals surface area contributed by atoms with Gasteiger partial charge >= 0.3 is 0 Å². The largest absolute Gasteiger partial charge is 0.464 e. The molecule has 0 aliphatic heterocycles. The first-order valence-electron chi connectivity index (χ1n) is 8.40. The van der Waals surface area contributed by atoms with Crippen LogP contribution in [0.3, 0.4) is 0 Å². The van der Waals surface area contributed by atoms with Gasteiger partial charge in [-0.25, -0.2) is 13.1 Å². The minimum Gasteiger partial charge on any atom is -0.464 e. The summed E-state index contributed by atoms with van der Waals surface area (Å²) in [5.41, 5.74) is -0.149. The van der Waals surface area contributed by atoms with E-state index in [1.54, 1.807) is 0 Å². The molecule has 3 rings (SSSR count). The van der Waals surface area contributed by atoms with Crippen LogP contribution in [0, 0.1) is 16.0 Å². The number of benzene rings is 1. The Labute approximate surface area is 151 Å². The van der Waals surface area contributed by atoms with E-state index in [4.69, 9.17) is 4.42 Å². The Balaban J connectivity index is 1.42. The van der Waals surface area contributed by atoms with Gasteiger partial charge in [-0.15, -0.1) is 0 Å². The molecule has 2 unspecified atom stereocenters. The summed E-state index contributed by atoms with van der Waals surface area (Å²) in [6, 6.07) is 8.72. The number of nitrogens with zero attached hydrogens (tertiary/aromatic N) is 1. The summed E-state index contributed by atoms with van der Waals surface area (Å²) in [5, 5.41) is 13.7. The van der Waals surface area contributed by atoms with E-state index < -0.39 is 14.9 Å². The van der Waals surface area contributed by atoms with Gasteiger partial charge in [0.05, 0.1) is 16.4 Å². The Hall–Kier alpha value is -2.23. The van der Waals surface area contributed by atoms with Crippen molar-refractivity contribution in [3.63, 3.8) is 0 Å². The highest BCUT2D eigenvalue weighted by Crippen LogP contribution is 2.47. The smallest absolute Gasteiger partial charge is 0.269 e. The van der Waals surface area contributed by atoms with Gasteiger partial charge in [-0.2, -0.15) is 0 Å². The lowest BCUT2D eigenvalue weighted by Crippen LogP contribution is -2.31. The average Bonchev–Trinajstić information content (AvgIpc) is 3.15. The molecule has 140 valence electrons. The maximum absolute atomic E-state index is 12.1. The molecule has 1 heterocycles. The van der Waals surface area contributed by atoms with E-state index >= 15 is 0 Å². The summed E-state index contributed by atoms with van der Waals surface area (Å²) in [7, 11) is -3.69. The quantitative estimate of drug-likeness (QED) is 0.393. The second-order valence-corrected chi connectivity index (χ2v) is 8.22. The Morgan fingerprint density at radius 3 is 2.50 bits per heavy atom. The molecular weight excluding hydrogens is 358 g/mol. The van der Waals surface area contributed by atoms with Crippen LogP contribution in [0.4, 0.5) is 5.69 Å². The maximum atomic E-state index is 12.1. The van der Waals surface area contributed by atoms with Crippen LogP contribution in [-0.4, -0.2) is 26.4 Å². The number of non-ortho nitro benzene ring substituents is 1. The zero-order valence-corrected chi connectivity index (χ0v) is 15.2. The summed E-state index contributed by atoms with van der Waals surface area (Å²) in [5.74, 6) is 3.08. The first kappa shape index (κ1) is 18.6. The summed E-state index contributed by atoms with van der Waals surface area (Å²) in [4.78, 5) is 10.0. The zero-order valence-electron chi connectivity index (χ0n) is 14.3. The van der Waals surface area contributed by atoms with Crippen molar-refractivity contribution in [1.82, 2.24) is 10.0 Å². The maximum Gasteiger partial charge on any atom is 0.269 e. The molecule has 26 heavy (non-hydrogen) atoms. The van der Waals surface area contributed by atoms with Crippen LogP contribution in [0.1, 0.15) is 30.8 Å². The zero-order chi connectivity index (χ0) is 18.7. The molecule has 1 fully saturated rings. The fraction of sp³-hybridized carbons (Fsp3) is 0.412. The van der Waals surface area contributed by atoms with Crippen LogP contribution >= 0.6 is 0 Å². The van der Waals surface area contributed by atoms with E-state index in [1.807, 2.05) is 12.1 Å². The molecule has 2 aromatic rings. The lowest BCUT2D eigenvalue weighted by molar-refractivity contribution is -0.384. The molecule has 0 bridgehead atoms. The molecule has 2 atom stereocenters. The van der Waals surface area contributed by atoms with E-state index in [9.17, 15) is 18.5 Å². The average molecular weight is 379 g/mol. The van der Waals surface area contributed by atoms with Crippen molar-refractivity contribution >= 4 is 15.7 Å². The van der Waals surface area contributed by atoms with E-state index in [-0.39, 0.29) is 17.1 Å². The van der Waals surface area contributed by atoms with Crippen LogP contribution in [0.15, 0.2) is 45.7 Å². The molecule has 1 aromatic carbocycles.